The van der Waals surface area contributed by atoms with E-state index >= 15 is 0 Å². The van der Waals surface area contributed by atoms with Gasteiger partial charge in [0, 0.05) is 24.4 Å². The number of Topliss-reactive ketones (excluding diaryl/α,β-unsaturated/α-hetero) is 1. The smallest absolute Gasteiger partial charge is 0.321 e. The predicted molar refractivity (Wildman–Crippen MR) is 152 cm³/mol. The number of halogens is 2. The molecule has 0 aliphatic rings. The molecule has 0 unspecified atom stereocenters. The summed E-state index contributed by atoms with van der Waals surface area (Å²) in [6.07, 6.45) is -0.347. The molecule has 0 amide bonds. The predicted octanol–water partition coefficient (Wildman–Crippen LogP) is 5.24. The lowest BCUT2D eigenvalue weighted by Gasteiger charge is -2.24. The van der Waals surface area contributed by atoms with Gasteiger partial charge in [0.05, 0.1) is 21.0 Å². The van der Waals surface area contributed by atoms with Gasteiger partial charge in [-0.05, 0) is 48.4 Å². The molecule has 214 valence electrons. The van der Waals surface area contributed by atoms with E-state index < -0.39 is 48.1 Å². The normalized spacial score (nSPS) is 11.6. The molecule has 0 spiro atoms. The highest BCUT2D eigenvalue weighted by molar-refractivity contribution is 6.42. The van der Waals surface area contributed by atoms with Crippen LogP contribution < -0.4 is 10.3 Å². The highest BCUT2D eigenvalue weighted by atomic mass is 35.5. The summed E-state index contributed by atoms with van der Waals surface area (Å²) >= 11 is 12.0. The number of hydrogen-bond acceptors (Lipinski definition) is 8. The van der Waals surface area contributed by atoms with Gasteiger partial charge in [-0.25, -0.2) is 4.68 Å². The van der Waals surface area contributed by atoms with Gasteiger partial charge in [0.2, 0.25) is 0 Å². The molecule has 2 heterocycles. The average molecular weight is 610 g/mol. The van der Waals surface area contributed by atoms with E-state index in [4.69, 9.17) is 32.4 Å². The molecule has 2 aromatic heterocycles. The number of carbonyl (C=O) groups is 3. The molecule has 0 aliphatic carbocycles. The van der Waals surface area contributed by atoms with E-state index in [1.807, 2.05) is 0 Å². The third kappa shape index (κ3) is 5.56. The molecular formula is C29H21Cl2N3O8. The van der Waals surface area contributed by atoms with E-state index in [0.29, 0.717) is 26.7 Å². The Kier molecular flexibility index (Phi) is 7.97. The fourth-order valence-corrected chi connectivity index (χ4v) is 4.81. The van der Waals surface area contributed by atoms with Crippen LogP contribution in [0.5, 0.6) is 5.75 Å². The average Bonchev–Trinajstić information content (AvgIpc) is 3.40. The zero-order valence-corrected chi connectivity index (χ0v) is 23.1. The van der Waals surface area contributed by atoms with Crippen LogP contribution in [0.15, 0.2) is 76.1 Å². The van der Waals surface area contributed by atoms with Crippen LogP contribution in [0.25, 0.3) is 21.9 Å². The Morgan fingerprint density at radius 2 is 1.71 bits per heavy atom. The maximum absolute atomic E-state index is 13.3. The van der Waals surface area contributed by atoms with Crippen LogP contribution in [0, 0.1) is 5.41 Å². The summed E-state index contributed by atoms with van der Waals surface area (Å²) in [6.45, 7) is -0.215. The van der Waals surface area contributed by atoms with Gasteiger partial charge in [0.1, 0.15) is 29.7 Å². The first-order valence-corrected chi connectivity index (χ1v) is 13.2. The van der Waals surface area contributed by atoms with Crippen molar-refractivity contribution in [3.8, 4) is 5.75 Å². The molecule has 5 aromatic rings. The Labute approximate surface area is 246 Å². The van der Waals surface area contributed by atoms with Crippen molar-refractivity contribution in [2.24, 2.45) is 5.41 Å². The molecule has 3 aromatic carbocycles. The number of hydrogen-bond donors (Lipinski definition) is 2. The first-order valence-electron chi connectivity index (χ1n) is 12.5. The van der Waals surface area contributed by atoms with Crippen LogP contribution >= 0.6 is 23.2 Å². The quantitative estimate of drug-likeness (QED) is 0.149. The Bertz CT molecular complexity index is 1900. The summed E-state index contributed by atoms with van der Waals surface area (Å²) in [5.74, 6) is -3.79. The van der Waals surface area contributed by atoms with Crippen molar-refractivity contribution in [3.05, 3.63) is 98.5 Å². The van der Waals surface area contributed by atoms with Crippen LogP contribution in [-0.4, -0.2) is 42.9 Å². The van der Waals surface area contributed by atoms with Crippen molar-refractivity contribution in [3.63, 3.8) is 0 Å². The first-order chi connectivity index (χ1) is 20.1. The zero-order valence-electron chi connectivity index (χ0n) is 21.6. The fourth-order valence-electron chi connectivity index (χ4n) is 4.49. The van der Waals surface area contributed by atoms with Crippen LogP contribution in [-0.2, 0) is 22.7 Å². The SMILES string of the molecule is O=C(CC(CCn1nnc2ccccc2c1=O)(C(=O)O)C(=O)O)c1coc2cc(OCc3ccc(Cl)c(Cl)c3)ccc12. The molecule has 0 aliphatic heterocycles. The molecule has 0 saturated carbocycles. The number of aliphatic carboxylic acids is 2. The fraction of sp³-hybridized carbons (Fsp3) is 0.172. The maximum atomic E-state index is 13.3. The number of ketones is 1. The number of rotatable bonds is 11. The molecule has 0 fully saturated rings. The lowest BCUT2D eigenvalue weighted by Crippen LogP contribution is -2.43. The lowest BCUT2D eigenvalue weighted by atomic mass is 9.78. The molecule has 2 N–H and O–H groups in total. The molecule has 13 heteroatoms. The number of benzene rings is 3. The highest BCUT2D eigenvalue weighted by Gasteiger charge is 2.48. The Morgan fingerprint density at radius 3 is 2.45 bits per heavy atom. The Hall–Kier alpha value is -4.74. The van der Waals surface area contributed by atoms with E-state index in [0.717, 1.165) is 16.5 Å². The summed E-state index contributed by atoms with van der Waals surface area (Å²) < 4.78 is 12.2. The van der Waals surface area contributed by atoms with Crippen LogP contribution in [0.3, 0.4) is 0 Å². The number of carboxylic acid groups (broad SMARTS) is 2. The van der Waals surface area contributed by atoms with Gasteiger partial charge >= 0.3 is 11.9 Å². The number of aromatic nitrogens is 3. The molecule has 0 atom stereocenters. The standard InChI is InChI=1S/C29H21Cl2N3O8/c30-21-8-5-16(11-22(21)31)14-41-17-6-7-18-20(15-42-25(18)12-17)24(35)13-29(27(37)38,28(39)40)9-10-34-26(36)19-3-1-2-4-23(19)32-33-34/h1-8,11-12,15H,9-10,13-14H2,(H,37,38)(H,39,40). The van der Waals surface area contributed by atoms with Gasteiger partial charge in [0.25, 0.3) is 5.56 Å². The van der Waals surface area contributed by atoms with Crippen molar-refractivity contribution in [1.29, 1.82) is 0 Å². The van der Waals surface area contributed by atoms with Crippen molar-refractivity contribution >= 4 is 62.8 Å². The first kappa shape index (κ1) is 28.8. The van der Waals surface area contributed by atoms with E-state index in [-0.39, 0.29) is 23.1 Å². The summed E-state index contributed by atoms with van der Waals surface area (Å²) in [4.78, 5) is 50.7. The largest absolute Gasteiger partial charge is 0.489 e. The van der Waals surface area contributed by atoms with E-state index in [1.165, 1.54) is 6.07 Å². The summed E-state index contributed by atoms with van der Waals surface area (Å²) in [7, 11) is 0. The number of ether oxygens (including phenoxy) is 1. The van der Waals surface area contributed by atoms with Gasteiger partial charge in [-0.1, -0.05) is 46.6 Å². The summed E-state index contributed by atoms with van der Waals surface area (Å²) in [6, 6.07) is 16.2. The van der Waals surface area contributed by atoms with Crippen LogP contribution in [0.4, 0.5) is 0 Å². The molecule has 11 nitrogen and oxygen atoms in total. The number of aryl methyl sites for hydroxylation is 1. The monoisotopic (exact) mass is 609 g/mol. The minimum Gasteiger partial charge on any atom is -0.489 e. The Morgan fingerprint density at radius 1 is 0.952 bits per heavy atom. The van der Waals surface area contributed by atoms with Crippen molar-refractivity contribution in [2.75, 3.05) is 0 Å². The van der Waals surface area contributed by atoms with Crippen molar-refractivity contribution < 1.29 is 33.8 Å². The van der Waals surface area contributed by atoms with Gasteiger partial charge in [0.15, 0.2) is 11.2 Å². The maximum Gasteiger partial charge on any atom is 0.321 e. The van der Waals surface area contributed by atoms with Gasteiger partial charge in [-0.3, -0.25) is 19.2 Å². The minimum atomic E-state index is -2.55. The molecule has 0 radical (unpaired) electrons. The van der Waals surface area contributed by atoms with Gasteiger partial charge in [-0.2, -0.15) is 0 Å². The Balaban J connectivity index is 1.35. The topological polar surface area (TPSA) is 162 Å². The number of fused-ring (bicyclic) bond motifs is 2. The van der Waals surface area contributed by atoms with Gasteiger partial charge in [-0.15, -0.1) is 5.10 Å². The number of nitrogens with zero attached hydrogens (tertiary/aromatic N) is 3. The lowest BCUT2D eigenvalue weighted by molar-refractivity contribution is -0.165. The van der Waals surface area contributed by atoms with Crippen LogP contribution in [0.1, 0.15) is 28.8 Å². The third-order valence-electron chi connectivity index (χ3n) is 6.90. The second kappa shape index (κ2) is 11.6. The summed E-state index contributed by atoms with van der Waals surface area (Å²) in [5.41, 5.74) is -1.71. The van der Waals surface area contributed by atoms with Crippen LogP contribution in [0.2, 0.25) is 10.0 Å². The second-order valence-corrected chi connectivity index (χ2v) is 10.3. The van der Waals surface area contributed by atoms with E-state index in [2.05, 4.69) is 10.3 Å². The molecule has 0 saturated heterocycles. The van der Waals surface area contributed by atoms with E-state index in [1.54, 1.807) is 54.6 Å². The molecule has 5 rings (SSSR count). The van der Waals surface area contributed by atoms with Crippen molar-refractivity contribution in [1.82, 2.24) is 15.0 Å². The third-order valence-corrected chi connectivity index (χ3v) is 7.64. The minimum absolute atomic E-state index is 0.00979. The number of furan rings is 1. The van der Waals surface area contributed by atoms with Crippen molar-refractivity contribution in [2.45, 2.75) is 26.0 Å². The molecule has 42 heavy (non-hydrogen) atoms. The summed E-state index contributed by atoms with van der Waals surface area (Å²) in [5, 5.41) is 29.1. The number of carboxylic acids is 2. The second-order valence-electron chi connectivity index (χ2n) is 9.52. The van der Waals surface area contributed by atoms with E-state index in [9.17, 15) is 29.4 Å². The molecule has 0 bridgehead atoms. The van der Waals surface area contributed by atoms with Gasteiger partial charge < -0.3 is 19.4 Å². The zero-order chi connectivity index (χ0) is 30.0. The molecular weight excluding hydrogens is 589 g/mol. The highest BCUT2D eigenvalue weighted by Crippen LogP contribution is 2.34. The number of carbonyl (C=O) groups excluding carboxylic acids is 1.